The van der Waals surface area contributed by atoms with Gasteiger partial charge in [0, 0.05) is 32.8 Å². The predicted molar refractivity (Wildman–Crippen MR) is 83.0 cm³/mol. The summed E-state index contributed by atoms with van der Waals surface area (Å²) in [5.74, 6) is 1.63. The first kappa shape index (κ1) is 16.4. The molecular weight excluding hydrogens is 266 g/mol. The fraction of sp³-hybridized carbons (Fsp3) is 0.867. The van der Waals surface area contributed by atoms with E-state index in [1.807, 2.05) is 4.68 Å². The highest BCUT2D eigenvalue weighted by molar-refractivity contribution is 4.87. The predicted octanol–water partition coefficient (Wildman–Crippen LogP) is 1.13. The minimum Gasteiger partial charge on any atom is -0.383 e. The molecule has 1 aromatic heterocycles. The van der Waals surface area contributed by atoms with Crippen LogP contribution in [-0.2, 0) is 17.8 Å². The Morgan fingerprint density at radius 3 is 3.05 bits per heavy atom. The lowest BCUT2D eigenvalue weighted by Gasteiger charge is -2.25. The zero-order chi connectivity index (χ0) is 15.1. The lowest BCUT2D eigenvalue weighted by Crippen LogP contribution is -2.39. The lowest BCUT2D eigenvalue weighted by molar-refractivity contribution is 0.135. The van der Waals surface area contributed by atoms with Gasteiger partial charge >= 0.3 is 0 Å². The maximum atomic E-state index is 5.25. The summed E-state index contributed by atoms with van der Waals surface area (Å²) in [6, 6.07) is 0.600. The molecule has 21 heavy (non-hydrogen) atoms. The number of hydrogen-bond donors (Lipinski definition) is 1. The molecule has 1 saturated heterocycles. The van der Waals surface area contributed by atoms with Crippen molar-refractivity contribution in [3.05, 3.63) is 12.2 Å². The van der Waals surface area contributed by atoms with Crippen LogP contribution in [0.25, 0.3) is 0 Å². The van der Waals surface area contributed by atoms with Gasteiger partial charge in [-0.05, 0) is 25.3 Å². The van der Waals surface area contributed by atoms with Crippen molar-refractivity contribution in [1.29, 1.82) is 0 Å². The fourth-order valence-electron chi connectivity index (χ4n) is 2.79. The van der Waals surface area contributed by atoms with Crippen molar-refractivity contribution < 1.29 is 4.74 Å². The van der Waals surface area contributed by atoms with Crippen LogP contribution in [0.15, 0.2) is 6.33 Å². The summed E-state index contributed by atoms with van der Waals surface area (Å²) in [5.41, 5.74) is 0. The topological polar surface area (TPSA) is 55.2 Å². The Labute approximate surface area is 127 Å². The third-order valence-electron chi connectivity index (χ3n) is 3.85. The van der Waals surface area contributed by atoms with Gasteiger partial charge in [-0.2, -0.15) is 5.10 Å². The van der Waals surface area contributed by atoms with Gasteiger partial charge < -0.3 is 10.1 Å². The number of rotatable bonds is 9. The first-order valence-corrected chi connectivity index (χ1v) is 8.00. The lowest BCUT2D eigenvalue weighted by atomic mass is 10.2. The summed E-state index contributed by atoms with van der Waals surface area (Å²) in [4.78, 5) is 6.86. The second kappa shape index (κ2) is 8.46. The third kappa shape index (κ3) is 5.37. The molecule has 2 heterocycles. The van der Waals surface area contributed by atoms with Crippen molar-refractivity contribution >= 4 is 0 Å². The zero-order valence-electron chi connectivity index (χ0n) is 13.6. The Morgan fingerprint density at radius 1 is 1.52 bits per heavy atom. The summed E-state index contributed by atoms with van der Waals surface area (Å²) in [7, 11) is 1.76. The van der Waals surface area contributed by atoms with Crippen molar-refractivity contribution in [3.8, 4) is 0 Å². The van der Waals surface area contributed by atoms with Crippen LogP contribution in [0.2, 0.25) is 0 Å². The van der Waals surface area contributed by atoms with Crippen LogP contribution in [-0.4, -0.2) is 59.1 Å². The van der Waals surface area contributed by atoms with Crippen LogP contribution >= 0.6 is 0 Å². The zero-order valence-corrected chi connectivity index (χ0v) is 13.6. The van der Waals surface area contributed by atoms with Crippen LogP contribution in [0, 0.1) is 5.92 Å². The molecule has 0 aliphatic carbocycles. The van der Waals surface area contributed by atoms with Crippen LogP contribution in [0.3, 0.4) is 0 Å². The van der Waals surface area contributed by atoms with Crippen molar-refractivity contribution in [3.63, 3.8) is 0 Å². The van der Waals surface area contributed by atoms with E-state index in [0.29, 0.717) is 12.0 Å². The third-order valence-corrected chi connectivity index (χ3v) is 3.85. The minimum atomic E-state index is 0.578. The molecule has 6 nitrogen and oxygen atoms in total. The summed E-state index contributed by atoms with van der Waals surface area (Å²) in [5, 5.41) is 7.92. The number of methoxy groups -OCH3 is 1. The normalized spacial score (nSPS) is 19.0. The smallest absolute Gasteiger partial charge is 0.141 e. The highest BCUT2D eigenvalue weighted by atomic mass is 16.5. The van der Waals surface area contributed by atoms with Gasteiger partial charge in [0.25, 0.3) is 0 Å². The number of hydrogen-bond acceptors (Lipinski definition) is 5. The van der Waals surface area contributed by atoms with Gasteiger partial charge in [-0.25, -0.2) is 9.67 Å². The average molecular weight is 295 g/mol. The first-order chi connectivity index (χ1) is 10.2. The molecule has 2 rings (SSSR count). The van der Waals surface area contributed by atoms with Crippen molar-refractivity contribution in [2.24, 2.45) is 5.92 Å². The van der Waals surface area contributed by atoms with Crippen LogP contribution < -0.4 is 5.32 Å². The highest BCUT2D eigenvalue weighted by Gasteiger charge is 2.19. The summed E-state index contributed by atoms with van der Waals surface area (Å²) >= 11 is 0. The van der Waals surface area contributed by atoms with E-state index in [4.69, 9.17) is 4.74 Å². The van der Waals surface area contributed by atoms with Gasteiger partial charge in [0.1, 0.15) is 12.2 Å². The molecule has 1 aliphatic rings. The molecule has 1 unspecified atom stereocenters. The average Bonchev–Trinajstić information content (AvgIpc) is 3.08. The van der Waals surface area contributed by atoms with E-state index in [2.05, 4.69) is 34.1 Å². The second-order valence-electron chi connectivity index (χ2n) is 6.27. The Bertz CT molecular complexity index is 401. The quantitative estimate of drug-likeness (QED) is 0.740. The Hall–Kier alpha value is -0.980. The molecule has 6 heteroatoms. The van der Waals surface area contributed by atoms with Crippen molar-refractivity contribution in [2.45, 2.75) is 45.8 Å². The maximum Gasteiger partial charge on any atom is 0.141 e. The molecule has 0 aromatic carbocycles. The molecule has 1 aliphatic heterocycles. The highest BCUT2D eigenvalue weighted by Crippen LogP contribution is 2.10. The Kier molecular flexibility index (Phi) is 6.60. The summed E-state index contributed by atoms with van der Waals surface area (Å²) < 4.78 is 7.28. The van der Waals surface area contributed by atoms with E-state index in [-0.39, 0.29) is 0 Å². The number of aromatic nitrogens is 3. The molecule has 1 N–H and O–H groups in total. The van der Waals surface area contributed by atoms with E-state index in [1.54, 1.807) is 13.4 Å². The van der Waals surface area contributed by atoms with E-state index in [1.165, 1.54) is 12.8 Å². The summed E-state index contributed by atoms with van der Waals surface area (Å²) in [6.45, 7) is 10.1. The van der Waals surface area contributed by atoms with Crippen molar-refractivity contribution in [1.82, 2.24) is 25.0 Å². The molecule has 1 atom stereocenters. The van der Waals surface area contributed by atoms with Crippen molar-refractivity contribution in [2.75, 3.05) is 33.4 Å². The molecule has 0 radical (unpaired) electrons. The molecule has 0 spiro atoms. The maximum absolute atomic E-state index is 5.25. The molecular formula is C15H29N5O. The Morgan fingerprint density at radius 2 is 2.38 bits per heavy atom. The van der Waals surface area contributed by atoms with Crippen LogP contribution in [0.4, 0.5) is 0 Å². The van der Waals surface area contributed by atoms with Gasteiger partial charge in [0.05, 0.1) is 13.2 Å². The second-order valence-corrected chi connectivity index (χ2v) is 6.27. The van der Waals surface area contributed by atoms with Gasteiger partial charge in [-0.15, -0.1) is 0 Å². The van der Waals surface area contributed by atoms with Crippen LogP contribution in [0.1, 0.15) is 32.5 Å². The summed E-state index contributed by atoms with van der Waals surface area (Å²) in [6.07, 6.45) is 4.22. The first-order valence-electron chi connectivity index (χ1n) is 8.00. The molecule has 1 aromatic rings. The van der Waals surface area contributed by atoms with E-state index >= 15 is 0 Å². The van der Waals surface area contributed by atoms with E-state index < -0.39 is 0 Å². The standard InChI is InChI=1S/C15H29N5O/c1-13(2)9-20-15(17-12-18-20)11-19(7-8-21-3)10-14-5-4-6-16-14/h12-14,16H,4-11H2,1-3H3. The molecule has 1 fully saturated rings. The molecule has 120 valence electrons. The van der Waals surface area contributed by atoms with E-state index in [0.717, 1.165) is 45.2 Å². The number of ether oxygens (including phenoxy) is 1. The van der Waals surface area contributed by atoms with Gasteiger partial charge in [0.2, 0.25) is 0 Å². The van der Waals surface area contributed by atoms with Gasteiger partial charge in [0.15, 0.2) is 0 Å². The number of nitrogens with one attached hydrogen (secondary N) is 1. The largest absolute Gasteiger partial charge is 0.383 e. The monoisotopic (exact) mass is 295 g/mol. The molecule has 0 saturated carbocycles. The SMILES string of the molecule is COCCN(Cc1ncnn1CC(C)C)CC1CCCN1. The van der Waals surface area contributed by atoms with Crippen LogP contribution in [0.5, 0.6) is 0 Å². The molecule has 0 bridgehead atoms. The van der Waals surface area contributed by atoms with Gasteiger partial charge in [-0.3, -0.25) is 4.90 Å². The fourth-order valence-corrected chi connectivity index (χ4v) is 2.79. The van der Waals surface area contributed by atoms with E-state index in [9.17, 15) is 0 Å². The molecule has 0 amide bonds. The number of nitrogens with zero attached hydrogens (tertiary/aromatic N) is 4. The van der Waals surface area contributed by atoms with Gasteiger partial charge in [-0.1, -0.05) is 13.8 Å². The Balaban J connectivity index is 1.94. The minimum absolute atomic E-state index is 0.578.